The maximum Gasteiger partial charge on any atom is 0.202 e. The van der Waals surface area contributed by atoms with Crippen molar-refractivity contribution >= 4 is 5.78 Å². The van der Waals surface area contributed by atoms with Crippen molar-refractivity contribution in [3.63, 3.8) is 0 Å². The standard InChI is InChI=1S/C31H38O8/c1-16(2)8-7-9-18(5)11-13-20-26(34)21(12-10-17(3)4)30-25(27(20)35)28(36)29(37)31(39-30)24-22(32)14-19(38-6)15-23(24)33/h8,10-11,14-15,29,31-35,37H,7,9,12-13H2,1-6H3/t29-,31+/m0/s1. The summed E-state index contributed by atoms with van der Waals surface area (Å²) >= 11 is 0. The van der Waals surface area contributed by atoms with Gasteiger partial charge in [0.15, 0.2) is 12.2 Å². The lowest BCUT2D eigenvalue weighted by Crippen LogP contribution is -2.37. The molecule has 0 saturated carbocycles. The van der Waals surface area contributed by atoms with Crippen molar-refractivity contribution in [3.05, 3.63) is 69.3 Å². The average molecular weight is 539 g/mol. The molecule has 0 fully saturated rings. The number of methoxy groups -OCH3 is 1. The van der Waals surface area contributed by atoms with Crippen molar-refractivity contribution < 1.29 is 39.8 Å². The second-order valence-electron chi connectivity index (χ2n) is 10.3. The van der Waals surface area contributed by atoms with E-state index in [0.29, 0.717) is 0 Å². The SMILES string of the molecule is COc1cc(O)c([C@H]2Oc3c(CC=C(C)C)c(O)c(CC=C(C)CCC=C(C)C)c(O)c3C(=O)[C@@H]2O)c(O)c1. The highest BCUT2D eigenvalue weighted by molar-refractivity contribution is 6.06. The average Bonchev–Trinajstić information content (AvgIpc) is 2.85. The fraction of sp³-hybridized carbons (Fsp3) is 0.387. The van der Waals surface area contributed by atoms with Crippen LogP contribution in [0.4, 0.5) is 0 Å². The van der Waals surface area contributed by atoms with Crippen LogP contribution >= 0.6 is 0 Å². The summed E-state index contributed by atoms with van der Waals surface area (Å²) in [6.07, 6.45) is 4.55. The number of Topliss-reactive ketones (excluding diaryl/α,β-unsaturated/α-hetero) is 1. The lowest BCUT2D eigenvalue weighted by atomic mass is 9.87. The van der Waals surface area contributed by atoms with Crippen molar-refractivity contribution in [3.8, 4) is 34.5 Å². The van der Waals surface area contributed by atoms with Crippen LogP contribution in [0.1, 0.15) is 80.6 Å². The summed E-state index contributed by atoms with van der Waals surface area (Å²) in [5, 5.41) is 54.5. The van der Waals surface area contributed by atoms with Crippen LogP contribution in [0.5, 0.6) is 34.5 Å². The first-order valence-electron chi connectivity index (χ1n) is 12.9. The zero-order valence-electron chi connectivity index (χ0n) is 23.3. The molecule has 1 heterocycles. The molecule has 0 radical (unpaired) electrons. The van der Waals surface area contributed by atoms with Gasteiger partial charge in [0.2, 0.25) is 5.78 Å². The zero-order chi connectivity index (χ0) is 29.0. The van der Waals surface area contributed by atoms with Crippen LogP contribution in [0.3, 0.4) is 0 Å². The number of fused-ring (bicyclic) bond motifs is 1. The van der Waals surface area contributed by atoms with Gasteiger partial charge < -0.3 is 35.0 Å². The van der Waals surface area contributed by atoms with Crippen LogP contribution in [0.25, 0.3) is 0 Å². The molecule has 2 aromatic carbocycles. The lowest BCUT2D eigenvalue weighted by Gasteiger charge is -2.33. The van der Waals surface area contributed by atoms with Crippen LogP contribution in [-0.4, -0.2) is 44.5 Å². The van der Waals surface area contributed by atoms with Crippen LogP contribution in [0, 0.1) is 0 Å². The number of carbonyl (C=O) groups excluding carboxylic acids is 1. The highest BCUT2D eigenvalue weighted by atomic mass is 16.5. The van der Waals surface area contributed by atoms with Crippen LogP contribution in [0.15, 0.2) is 47.1 Å². The molecule has 0 bridgehead atoms. The molecule has 210 valence electrons. The molecule has 5 N–H and O–H groups in total. The van der Waals surface area contributed by atoms with Gasteiger partial charge in [-0.3, -0.25) is 4.79 Å². The van der Waals surface area contributed by atoms with E-state index < -0.39 is 35.2 Å². The molecule has 2 atom stereocenters. The molecular formula is C31H38O8. The number of hydrogen-bond donors (Lipinski definition) is 5. The van der Waals surface area contributed by atoms with Gasteiger partial charge in [0, 0.05) is 23.3 Å². The van der Waals surface area contributed by atoms with E-state index in [2.05, 4.69) is 6.08 Å². The Hall–Kier alpha value is -3.91. The van der Waals surface area contributed by atoms with E-state index in [1.165, 1.54) is 24.8 Å². The van der Waals surface area contributed by atoms with Crippen molar-refractivity contribution in [1.29, 1.82) is 0 Å². The Morgan fingerprint density at radius 1 is 0.897 bits per heavy atom. The molecule has 39 heavy (non-hydrogen) atoms. The number of aliphatic hydroxyl groups is 1. The van der Waals surface area contributed by atoms with Gasteiger partial charge >= 0.3 is 0 Å². The second kappa shape index (κ2) is 12.3. The van der Waals surface area contributed by atoms with Crippen molar-refractivity contribution in [2.24, 2.45) is 0 Å². The molecule has 8 nitrogen and oxygen atoms in total. The highest BCUT2D eigenvalue weighted by Crippen LogP contribution is 2.51. The first kappa shape index (κ1) is 29.6. The summed E-state index contributed by atoms with van der Waals surface area (Å²) in [7, 11) is 1.36. The van der Waals surface area contributed by atoms with Gasteiger partial charge in [-0.2, -0.15) is 0 Å². The molecule has 3 rings (SSSR count). The van der Waals surface area contributed by atoms with E-state index in [4.69, 9.17) is 9.47 Å². The quantitative estimate of drug-likeness (QED) is 0.248. The number of rotatable bonds is 9. The molecular weight excluding hydrogens is 500 g/mol. The predicted octanol–water partition coefficient (Wildman–Crippen LogP) is 5.94. The van der Waals surface area contributed by atoms with E-state index in [9.17, 15) is 30.3 Å². The van der Waals surface area contributed by atoms with Crippen LogP contribution < -0.4 is 9.47 Å². The Morgan fingerprint density at radius 2 is 1.49 bits per heavy atom. The summed E-state index contributed by atoms with van der Waals surface area (Å²) < 4.78 is 11.1. The summed E-state index contributed by atoms with van der Waals surface area (Å²) in [5.74, 6) is -2.37. The first-order chi connectivity index (χ1) is 18.4. The number of hydrogen-bond acceptors (Lipinski definition) is 8. The van der Waals surface area contributed by atoms with Crippen molar-refractivity contribution in [2.45, 2.75) is 72.5 Å². The predicted molar refractivity (Wildman–Crippen MR) is 149 cm³/mol. The summed E-state index contributed by atoms with van der Waals surface area (Å²) in [5.41, 5.74) is 3.20. The largest absolute Gasteiger partial charge is 0.507 e. The van der Waals surface area contributed by atoms with E-state index >= 15 is 0 Å². The number of ketones is 1. The Labute approximate surface area is 229 Å². The third-order valence-corrected chi connectivity index (χ3v) is 6.73. The number of benzene rings is 2. The van der Waals surface area contributed by atoms with Crippen molar-refractivity contribution in [2.75, 3.05) is 7.11 Å². The fourth-order valence-electron chi connectivity index (χ4n) is 4.53. The molecule has 0 aliphatic carbocycles. The highest BCUT2D eigenvalue weighted by Gasteiger charge is 2.44. The molecule has 1 aliphatic rings. The molecule has 0 aromatic heterocycles. The van der Waals surface area contributed by atoms with Gasteiger partial charge in [-0.15, -0.1) is 0 Å². The number of aromatic hydroxyl groups is 4. The second-order valence-corrected chi connectivity index (χ2v) is 10.3. The van der Waals surface area contributed by atoms with E-state index in [1.807, 2.05) is 46.8 Å². The Balaban J connectivity index is 2.14. The maximum absolute atomic E-state index is 13.5. The Kier molecular flexibility index (Phi) is 9.35. The van der Waals surface area contributed by atoms with Crippen LogP contribution in [-0.2, 0) is 12.8 Å². The first-order valence-corrected chi connectivity index (χ1v) is 12.9. The van der Waals surface area contributed by atoms with Gasteiger partial charge in [0.05, 0.1) is 12.7 Å². The fourth-order valence-corrected chi connectivity index (χ4v) is 4.53. The third kappa shape index (κ3) is 6.40. The number of phenolic OH excluding ortho intramolecular Hbond substituents is 4. The third-order valence-electron chi connectivity index (χ3n) is 6.73. The Morgan fingerprint density at radius 3 is 2.05 bits per heavy atom. The minimum Gasteiger partial charge on any atom is -0.507 e. The lowest BCUT2D eigenvalue weighted by molar-refractivity contribution is 0.0190. The van der Waals surface area contributed by atoms with E-state index in [-0.39, 0.29) is 52.3 Å². The minimum absolute atomic E-state index is 0.106. The van der Waals surface area contributed by atoms with Gasteiger partial charge in [0.25, 0.3) is 0 Å². The molecule has 0 spiro atoms. The molecule has 0 saturated heterocycles. The van der Waals surface area contributed by atoms with Gasteiger partial charge in [0.1, 0.15) is 40.1 Å². The van der Waals surface area contributed by atoms with Gasteiger partial charge in [-0.25, -0.2) is 0 Å². The summed E-state index contributed by atoms with van der Waals surface area (Å²) in [6.45, 7) is 9.80. The number of allylic oxidation sites excluding steroid dienone is 6. The Bertz CT molecular complexity index is 1320. The van der Waals surface area contributed by atoms with Gasteiger partial charge in [-0.1, -0.05) is 34.9 Å². The number of phenols is 4. The van der Waals surface area contributed by atoms with E-state index in [1.54, 1.807) is 0 Å². The molecule has 2 aromatic rings. The molecule has 0 unspecified atom stereocenters. The number of ether oxygens (including phenoxy) is 2. The molecule has 0 amide bonds. The topological polar surface area (TPSA) is 137 Å². The summed E-state index contributed by atoms with van der Waals surface area (Å²) in [6, 6.07) is 2.44. The molecule has 8 heteroatoms. The van der Waals surface area contributed by atoms with Gasteiger partial charge in [-0.05, 0) is 60.3 Å². The zero-order valence-corrected chi connectivity index (χ0v) is 23.3. The minimum atomic E-state index is -1.84. The maximum atomic E-state index is 13.5. The van der Waals surface area contributed by atoms with E-state index in [0.717, 1.165) is 24.0 Å². The smallest absolute Gasteiger partial charge is 0.202 e. The monoisotopic (exact) mass is 538 g/mol. The number of carbonyl (C=O) groups is 1. The summed E-state index contributed by atoms with van der Waals surface area (Å²) in [4.78, 5) is 13.5. The van der Waals surface area contributed by atoms with Crippen LogP contribution in [0.2, 0.25) is 0 Å². The normalized spacial score (nSPS) is 16.8. The van der Waals surface area contributed by atoms with Crippen molar-refractivity contribution in [1.82, 2.24) is 0 Å². The number of aliphatic hydroxyl groups excluding tert-OH is 1. The molecule has 1 aliphatic heterocycles.